The first-order valence-electron chi connectivity index (χ1n) is 6.94. The van der Waals surface area contributed by atoms with Gasteiger partial charge in [-0.2, -0.15) is 0 Å². The molecule has 1 N–H and O–H groups in total. The van der Waals surface area contributed by atoms with Gasteiger partial charge in [0.2, 0.25) is 5.91 Å². The third-order valence-electron chi connectivity index (χ3n) is 4.02. The summed E-state index contributed by atoms with van der Waals surface area (Å²) in [5.74, 6) is 0.176. The van der Waals surface area contributed by atoms with Crippen molar-refractivity contribution in [3.05, 3.63) is 23.8 Å². The number of fused-ring (bicyclic) bond motifs is 3. The zero-order chi connectivity index (χ0) is 12.5. The number of benzene rings is 1. The van der Waals surface area contributed by atoms with Crippen molar-refractivity contribution in [1.29, 1.82) is 0 Å². The molecule has 18 heavy (non-hydrogen) atoms. The number of hydrogen-bond donors (Lipinski definition) is 1. The lowest BCUT2D eigenvalue weighted by atomic mass is 9.97. The highest BCUT2D eigenvalue weighted by Crippen LogP contribution is 2.35. The number of hydrogen-bond acceptors (Lipinski definition) is 2. The monoisotopic (exact) mass is 244 g/mol. The molecule has 0 radical (unpaired) electrons. The van der Waals surface area contributed by atoms with E-state index >= 15 is 0 Å². The van der Waals surface area contributed by atoms with Crippen LogP contribution in [0.3, 0.4) is 0 Å². The minimum Gasteiger partial charge on any atom is -0.358 e. The van der Waals surface area contributed by atoms with Crippen LogP contribution in [0.25, 0.3) is 0 Å². The summed E-state index contributed by atoms with van der Waals surface area (Å²) in [6.45, 7) is 3.07. The second-order valence-electron chi connectivity index (χ2n) is 5.42. The smallest absolute Gasteiger partial charge is 0.247 e. The van der Waals surface area contributed by atoms with Gasteiger partial charge in [0.25, 0.3) is 0 Å². The molecule has 0 bridgehead atoms. The van der Waals surface area contributed by atoms with Gasteiger partial charge in [0.1, 0.15) is 6.04 Å². The fraction of sp³-hybridized carbons (Fsp3) is 0.533. The molecular weight excluding hydrogens is 224 g/mol. The Balaban J connectivity index is 1.99. The standard InChI is InChI=1S/C15H20N2O/c1-11-7-8-13-12(10-11)16-15(18)14-6-4-2-3-5-9-17(13)14/h7-8,10,14H,2-6,9H2,1H3,(H,16,18). The Kier molecular flexibility index (Phi) is 2.98. The van der Waals surface area contributed by atoms with Crippen molar-refractivity contribution >= 4 is 17.3 Å². The first-order valence-corrected chi connectivity index (χ1v) is 6.94. The molecule has 2 aliphatic rings. The Bertz CT molecular complexity index is 470. The lowest BCUT2D eigenvalue weighted by Gasteiger charge is -2.39. The summed E-state index contributed by atoms with van der Waals surface area (Å²) in [5, 5.41) is 3.07. The molecule has 1 saturated heterocycles. The first-order chi connectivity index (χ1) is 8.75. The van der Waals surface area contributed by atoms with E-state index in [0.717, 1.165) is 25.1 Å². The second-order valence-corrected chi connectivity index (χ2v) is 5.42. The molecule has 0 aliphatic carbocycles. The maximum atomic E-state index is 12.2. The molecule has 3 nitrogen and oxygen atoms in total. The van der Waals surface area contributed by atoms with Crippen molar-refractivity contribution in [3.63, 3.8) is 0 Å². The number of amides is 1. The quantitative estimate of drug-likeness (QED) is 0.760. The van der Waals surface area contributed by atoms with Gasteiger partial charge in [0.05, 0.1) is 11.4 Å². The molecule has 0 spiro atoms. The number of carbonyl (C=O) groups excluding carboxylic acids is 1. The second kappa shape index (κ2) is 4.63. The van der Waals surface area contributed by atoms with Crippen LogP contribution in [0.4, 0.5) is 11.4 Å². The van der Waals surface area contributed by atoms with Crippen LogP contribution in [0, 0.1) is 6.92 Å². The van der Waals surface area contributed by atoms with E-state index in [1.165, 1.54) is 30.5 Å². The highest BCUT2D eigenvalue weighted by Gasteiger charge is 2.32. The average Bonchev–Trinajstić information content (AvgIpc) is 2.29. The van der Waals surface area contributed by atoms with Crippen molar-refractivity contribution in [2.45, 2.75) is 45.1 Å². The Hall–Kier alpha value is -1.51. The molecule has 2 heterocycles. The lowest BCUT2D eigenvalue weighted by Crippen LogP contribution is -2.49. The Morgan fingerprint density at radius 3 is 2.94 bits per heavy atom. The molecule has 1 fully saturated rings. The van der Waals surface area contributed by atoms with E-state index in [-0.39, 0.29) is 11.9 Å². The fourth-order valence-corrected chi connectivity index (χ4v) is 3.06. The lowest BCUT2D eigenvalue weighted by molar-refractivity contribution is -0.117. The van der Waals surface area contributed by atoms with Crippen molar-refractivity contribution < 1.29 is 4.79 Å². The first kappa shape index (κ1) is 11.6. The predicted octanol–water partition coefficient (Wildman–Crippen LogP) is 3.09. The zero-order valence-electron chi connectivity index (χ0n) is 10.9. The predicted molar refractivity (Wildman–Crippen MR) is 74.0 cm³/mol. The summed E-state index contributed by atoms with van der Waals surface area (Å²) in [7, 11) is 0. The number of rotatable bonds is 0. The van der Waals surface area contributed by atoms with Gasteiger partial charge in [-0.25, -0.2) is 0 Å². The number of nitrogens with one attached hydrogen (secondary N) is 1. The van der Waals surface area contributed by atoms with Crippen molar-refractivity contribution in [2.24, 2.45) is 0 Å². The van der Waals surface area contributed by atoms with Crippen LogP contribution in [0.15, 0.2) is 18.2 Å². The molecule has 1 aromatic rings. The van der Waals surface area contributed by atoms with Gasteiger partial charge in [0.15, 0.2) is 0 Å². The zero-order valence-corrected chi connectivity index (χ0v) is 10.9. The molecule has 1 amide bonds. The van der Waals surface area contributed by atoms with Gasteiger partial charge >= 0.3 is 0 Å². The molecule has 0 saturated carbocycles. The van der Waals surface area contributed by atoms with Crippen LogP contribution in [0.5, 0.6) is 0 Å². The van der Waals surface area contributed by atoms with Crippen LogP contribution in [0.2, 0.25) is 0 Å². The summed E-state index contributed by atoms with van der Waals surface area (Å²) < 4.78 is 0. The SMILES string of the molecule is Cc1ccc2c(c1)NC(=O)C1CCCCCCN21. The normalized spacial score (nSPS) is 23.5. The van der Waals surface area contributed by atoms with Gasteiger partial charge in [-0.3, -0.25) is 4.79 Å². The summed E-state index contributed by atoms with van der Waals surface area (Å²) in [6.07, 6.45) is 5.89. The Morgan fingerprint density at radius 2 is 2.06 bits per heavy atom. The molecular formula is C15H20N2O. The van der Waals surface area contributed by atoms with Crippen LogP contribution in [-0.2, 0) is 4.79 Å². The summed E-state index contributed by atoms with van der Waals surface area (Å²) in [6, 6.07) is 6.40. The highest BCUT2D eigenvalue weighted by atomic mass is 16.2. The maximum absolute atomic E-state index is 12.2. The minimum atomic E-state index is 0.0421. The number of aryl methyl sites for hydroxylation is 1. The Morgan fingerprint density at radius 1 is 1.22 bits per heavy atom. The van der Waals surface area contributed by atoms with Gasteiger partial charge in [-0.05, 0) is 37.5 Å². The van der Waals surface area contributed by atoms with E-state index in [0.29, 0.717) is 0 Å². The van der Waals surface area contributed by atoms with E-state index < -0.39 is 0 Å². The van der Waals surface area contributed by atoms with Crippen molar-refractivity contribution in [2.75, 3.05) is 16.8 Å². The Labute approximate surface area is 108 Å². The van der Waals surface area contributed by atoms with E-state index in [9.17, 15) is 4.79 Å². The molecule has 0 aromatic heterocycles. The molecule has 3 rings (SSSR count). The van der Waals surface area contributed by atoms with Crippen molar-refractivity contribution in [1.82, 2.24) is 0 Å². The third-order valence-corrected chi connectivity index (χ3v) is 4.02. The number of carbonyl (C=O) groups is 1. The van der Waals surface area contributed by atoms with Gasteiger partial charge in [-0.15, -0.1) is 0 Å². The molecule has 2 aliphatic heterocycles. The number of anilines is 2. The summed E-state index contributed by atoms with van der Waals surface area (Å²) in [5.41, 5.74) is 3.38. The van der Waals surface area contributed by atoms with E-state index in [2.05, 4.69) is 35.3 Å². The van der Waals surface area contributed by atoms with E-state index in [1.54, 1.807) is 0 Å². The molecule has 3 heteroatoms. The molecule has 1 aromatic carbocycles. The van der Waals surface area contributed by atoms with Crippen LogP contribution >= 0.6 is 0 Å². The highest BCUT2D eigenvalue weighted by molar-refractivity contribution is 6.03. The molecule has 1 atom stereocenters. The van der Waals surface area contributed by atoms with Gasteiger partial charge in [-0.1, -0.05) is 25.3 Å². The fourth-order valence-electron chi connectivity index (χ4n) is 3.06. The summed E-state index contributed by atoms with van der Waals surface area (Å²) >= 11 is 0. The minimum absolute atomic E-state index is 0.0421. The van der Waals surface area contributed by atoms with Gasteiger partial charge in [0, 0.05) is 6.54 Å². The van der Waals surface area contributed by atoms with E-state index in [1.807, 2.05) is 0 Å². The largest absolute Gasteiger partial charge is 0.358 e. The van der Waals surface area contributed by atoms with Crippen LogP contribution < -0.4 is 10.2 Å². The van der Waals surface area contributed by atoms with Crippen molar-refractivity contribution in [3.8, 4) is 0 Å². The molecule has 1 unspecified atom stereocenters. The summed E-state index contributed by atoms with van der Waals surface area (Å²) in [4.78, 5) is 14.5. The van der Waals surface area contributed by atoms with Crippen LogP contribution in [-0.4, -0.2) is 18.5 Å². The third kappa shape index (κ3) is 1.98. The maximum Gasteiger partial charge on any atom is 0.247 e. The average molecular weight is 244 g/mol. The molecule has 96 valence electrons. The van der Waals surface area contributed by atoms with Gasteiger partial charge < -0.3 is 10.2 Å². The van der Waals surface area contributed by atoms with Crippen LogP contribution in [0.1, 0.15) is 37.7 Å². The topological polar surface area (TPSA) is 32.3 Å². The number of nitrogens with zero attached hydrogens (tertiary/aromatic N) is 1. The van der Waals surface area contributed by atoms with E-state index in [4.69, 9.17) is 0 Å².